The summed E-state index contributed by atoms with van der Waals surface area (Å²) in [5, 5.41) is 10.3. The number of aliphatic hydroxyl groups excluding tert-OH is 1. The molecule has 2 rings (SSSR count). The van der Waals surface area contributed by atoms with Crippen LogP contribution in [0.3, 0.4) is 0 Å². The number of rotatable bonds is 2. The van der Waals surface area contributed by atoms with Crippen molar-refractivity contribution >= 4 is 59.1 Å². The topological polar surface area (TPSA) is 20.2 Å². The third-order valence-corrected chi connectivity index (χ3v) is 6.61. The Morgan fingerprint density at radius 3 is 2.35 bits per heavy atom. The molecule has 0 amide bonds. The van der Waals surface area contributed by atoms with Gasteiger partial charge in [0.15, 0.2) is 0 Å². The van der Waals surface area contributed by atoms with Crippen LogP contribution in [-0.4, -0.2) is 5.11 Å². The molecule has 1 atom stereocenters. The summed E-state index contributed by atoms with van der Waals surface area (Å²) in [6.07, 6.45) is -0.584. The van der Waals surface area contributed by atoms with Crippen molar-refractivity contribution in [3.05, 3.63) is 53.0 Å². The van der Waals surface area contributed by atoms with E-state index in [4.69, 9.17) is 0 Å². The van der Waals surface area contributed by atoms with Crippen molar-refractivity contribution < 1.29 is 5.11 Å². The van der Waals surface area contributed by atoms with Crippen LogP contribution in [-0.2, 0) is 0 Å². The summed E-state index contributed by atoms with van der Waals surface area (Å²) in [6, 6.07) is 7.85. The van der Waals surface area contributed by atoms with Gasteiger partial charge in [0, 0.05) is 13.8 Å². The fraction of sp³-hybridized carbons (Fsp3) is 0.167. The van der Waals surface area contributed by atoms with E-state index >= 15 is 0 Å². The summed E-state index contributed by atoms with van der Waals surface area (Å²) >= 11 is 11.9. The number of aryl methyl sites for hydroxylation is 1. The normalized spacial score (nSPS) is 12.8. The highest BCUT2D eigenvalue weighted by atomic mass is 79.9. The molecule has 0 radical (unpaired) electrons. The first-order valence-corrected chi connectivity index (χ1v) is 8.07. The number of aliphatic hydroxyl groups is 1. The van der Waals surface area contributed by atoms with Gasteiger partial charge in [0.25, 0.3) is 0 Å². The second-order valence-corrected chi connectivity index (χ2v) is 7.79. The van der Waals surface area contributed by atoms with Crippen molar-refractivity contribution in [3.8, 4) is 0 Å². The highest BCUT2D eigenvalue weighted by Crippen LogP contribution is 2.38. The van der Waals surface area contributed by atoms with Gasteiger partial charge in [-0.3, -0.25) is 0 Å². The van der Waals surface area contributed by atoms with Gasteiger partial charge in [-0.25, -0.2) is 0 Å². The zero-order valence-corrected chi connectivity index (χ0v) is 14.5. The second-order valence-electron chi connectivity index (χ2n) is 3.68. The molecular weight excluding hydrogens is 432 g/mol. The van der Waals surface area contributed by atoms with Crippen LogP contribution in [0, 0.1) is 6.92 Å². The van der Waals surface area contributed by atoms with Gasteiger partial charge >= 0.3 is 0 Å². The highest BCUT2D eigenvalue weighted by Gasteiger charge is 2.15. The molecule has 0 saturated heterocycles. The van der Waals surface area contributed by atoms with E-state index < -0.39 is 6.10 Å². The molecule has 0 spiro atoms. The average molecular weight is 441 g/mol. The van der Waals surface area contributed by atoms with Gasteiger partial charge in [-0.2, -0.15) is 0 Å². The van der Waals surface area contributed by atoms with Crippen molar-refractivity contribution in [1.29, 1.82) is 0 Å². The molecule has 1 aromatic heterocycles. The summed E-state index contributed by atoms with van der Waals surface area (Å²) in [7, 11) is 0. The first-order chi connectivity index (χ1) is 7.99. The lowest BCUT2D eigenvalue weighted by Crippen LogP contribution is -1.97. The number of halogens is 3. The maximum absolute atomic E-state index is 10.3. The highest BCUT2D eigenvalue weighted by molar-refractivity contribution is 9.13. The Labute approximate surface area is 129 Å². The fourth-order valence-corrected chi connectivity index (χ4v) is 3.94. The Morgan fingerprint density at radius 2 is 1.82 bits per heavy atom. The van der Waals surface area contributed by atoms with E-state index in [0.717, 1.165) is 28.7 Å². The molecule has 1 heterocycles. The molecule has 2 aromatic rings. The molecule has 0 aliphatic carbocycles. The monoisotopic (exact) mass is 438 g/mol. The van der Waals surface area contributed by atoms with E-state index in [1.54, 1.807) is 0 Å². The largest absolute Gasteiger partial charge is 0.383 e. The Bertz CT molecular complexity index is 531. The molecule has 1 unspecified atom stereocenters. The lowest BCUT2D eigenvalue weighted by Gasteiger charge is -2.10. The molecule has 0 aliphatic rings. The van der Waals surface area contributed by atoms with Crippen molar-refractivity contribution in [2.45, 2.75) is 13.0 Å². The second kappa shape index (κ2) is 5.53. The lowest BCUT2D eigenvalue weighted by atomic mass is 10.1. The van der Waals surface area contributed by atoms with E-state index in [2.05, 4.69) is 47.8 Å². The van der Waals surface area contributed by atoms with Crippen molar-refractivity contribution in [2.75, 3.05) is 0 Å². The van der Waals surface area contributed by atoms with E-state index in [9.17, 15) is 5.11 Å². The van der Waals surface area contributed by atoms with Gasteiger partial charge < -0.3 is 5.11 Å². The maximum Gasteiger partial charge on any atom is 0.113 e. The number of benzene rings is 1. The molecule has 1 nitrogen and oxygen atoms in total. The molecule has 1 N–H and O–H groups in total. The zero-order valence-electron chi connectivity index (χ0n) is 8.88. The first-order valence-electron chi connectivity index (χ1n) is 4.88. The Balaban J connectivity index is 2.36. The summed E-state index contributed by atoms with van der Waals surface area (Å²) in [5.41, 5.74) is 2.05. The van der Waals surface area contributed by atoms with Crippen molar-refractivity contribution in [1.82, 2.24) is 0 Å². The zero-order chi connectivity index (χ0) is 12.6. The van der Waals surface area contributed by atoms with Gasteiger partial charge in [0.2, 0.25) is 0 Å². The van der Waals surface area contributed by atoms with Crippen LogP contribution in [0.1, 0.15) is 22.1 Å². The maximum atomic E-state index is 10.3. The fourth-order valence-electron chi connectivity index (χ4n) is 1.44. The van der Waals surface area contributed by atoms with Crippen LogP contribution in [0.25, 0.3) is 0 Å². The van der Waals surface area contributed by atoms with Gasteiger partial charge in [-0.05, 0) is 62.0 Å². The summed E-state index contributed by atoms with van der Waals surface area (Å²) < 4.78 is 2.99. The predicted octanol–water partition coefficient (Wildman–Crippen LogP) is 5.43. The van der Waals surface area contributed by atoms with Crippen LogP contribution in [0.5, 0.6) is 0 Å². The van der Waals surface area contributed by atoms with Crippen molar-refractivity contribution in [3.63, 3.8) is 0 Å². The van der Waals surface area contributed by atoms with Crippen LogP contribution in [0.15, 0.2) is 37.0 Å². The summed E-state index contributed by atoms with van der Waals surface area (Å²) in [6.45, 7) is 2.03. The molecule has 0 saturated carbocycles. The Kier molecular flexibility index (Phi) is 4.47. The SMILES string of the molecule is Cc1ccc(C(O)c2cc(Br)c(Br)s2)cc1Br. The van der Waals surface area contributed by atoms with Gasteiger partial charge in [-0.15, -0.1) is 11.3 Å². The average Bonchev–Trinajstić information content (AvgIpc) is 2.62. The molecule has 90 valence electrons. The third-order valence-electron chi connectivity index (χ3n) is 2.45. The first kappa shape index (κ1) is 13.7. The Morgan fingerprint density at radius 1 is 1.12 bits per heavy atom. The standard InChI is InChI=1S/C12H9Br3OS/c1-6-2-3-7(4-8(6)13)11(16)10-5-9(14)12(15)17-10/h2-5,11,16H,1H3. The third kappa shape index (κ3) is 3.01. The minimum absolute atomic E-state index is 0.584. The van der Waals surface area contributed by atoms with E-state index in [-0.39, 0.29) is 0 Å². The summed E-state index contributed by atoms with van der Waals surface area (Å²) in [5.74, 6) is 0. The quantitative estimate of drug-likeness (QED) is 0.660. The minimum atomic E-state index is -0.584. The molecule has 1 aromatic carbocycles. The molecule has 0 bridgehead atoms. The van der Waals surface area contributed by atoms with Gasteiger partial charge in [0.1, 0.15) is 6.10 Å². The van der Waals surface area contributed by atoms with Crippen LogP contribution < -0.4 is 0 Å². The van der Waals surface area contributed by atoms with Crippen molar-refractivity contribution in [2.24, 2.45) is 0 Å². The Hall–Kier alpha value is 0.320. The van der Waals surface area contributed by atoms with Crippen LogP contribution >= 0.6 is 59.1 Å². The predicted molar refractivity (Wildman–Crippen MR) is 82.7 cm³/mol. The van der Waals surface area contributed by atoms with E-state index in [1.807, 2.05) is 31.2 Å². The molecule has 5 heteroatoms. The number of thiophene rings is 1. The van der Waals surface area contributed by atoms with Gasteiger partial charge in [0.05, 0.1) is 3.79 Å². The molecular formula is C12H9Br3OS. The number of hydrogen-bond acceptors (Lipinski definition) is 2. The van der Waals surface area contributed by atoms with Crippen LogP contribution in [0.4, 0.5) is 0 Å². The smallest absolute Gasteiger partial charge is 0.113 e. The minimum Gasteiger partial charge on any atom is -0.383 e. The summed E-state index contributed by atoms with van der Waals surface area (Å²) in [4.78, 5) is 0.916. The van der Waals surface area contributed by atoms with E-state index in [1.165, 1.54) is 11.3 Å². The molecule has 17 heavy (non-hydrogen) atoms. The van der Waals surface area contributed by atoms with Crippen LogP contribution in [0.2, 0.25) is 0 Å². The molecule has 0 fully saturated rings. The lowest BCUT2D eigenvalue weighted by molar-refractivity contribution is 0.224. The van der Waals surface area contributed by atoms with Gasteiger partial charge in [-0.1, -0.05) is 28.1 Å². The van der Waals surface area contributed by atoms with E-state index in [0.29, 0.717) is 0 Å². The molecule has 0 aliphatic heterocycles. The number of hydrogen-bond donors (Lipinski definition) is 1.